The minimum atomic E-state index is -0.737. The van der Waals surface area contributed by atoms with Gasteiger partial charge in [0.2, 0.25) is 0 Å². The number of hydrogen-bond acceptors (Lipinski definition) is 4. The van der Waals surface area contributed by atoms with Crippen LogP contribution in [0.15, 0.2) is 43.2 Å². The maximum Gasteiger partial charge on any atom is 0.109 e. The summed E-state index contributed by atoms with van der Waals surface area (Å²) in [5.74, 6) is 0. The normalized spacial score (nSPS) is 12.8. The predicted octanol–water partition coefficient (Wildman–Crippen LogP) is 1.51. The molecule has 3 rings (SSSR count). The average molecular weight is 240 g/mol. The number of aromatic nitrogens is 4. The minimum Gasteiger partial charge on any atom is -0.383 e. The van der Waals surface area contributed by atoms with Crippen molar-refractivity contribution < 1.29 is 5.11 Å². The van der Waals surface area contributed by atoms with Crippen molar-refractivity contribution in [2.45, 2.75) is 13.0 Å². The Kier molecular flexibility index (Phi) is 2.53. The van der Waals surface area contributed by atoms with Crippen molar-refractivity contribution in [3.05, 3.63) is 59.9 Å². The molecule has 0 saturated carbocycles. The standard InChI is InChI=1S/C13H12N4O/c1-9-4-10(6-15-5-9)13(18)11-7-16-17-3-2-14-8-12(11)17/h2-8,13,18H,1H3. The van der Waals surface area contributed by atoms with Crippen molar-refractivity contribution in [3.63, 3.8) is 0 Å². The van der Waals surface area contributed by atoms with Crippen LogP contribution in [0.4, 0.5) is 0 Å². The SMILES string of the molecule is Cc1cncc(C(O)c2cnn3ccncc23)c1. The van der Waals surface area contributed by atoms with E-state index in [0.29, 0.717) is 0 Å². The molecule has 90 valence electrons. The van der Waals surface area contributed by atoms with Gasteiger partial charge in [-0.05, 0) is 12.5 Å². The van der Waals surface area contributed by atoms with Crippen LogP contribution in [0.3, 0.4) is 0 Å². The van der Waals surface area contributed by atoms with Gasteiger partial charge in [0.05, 0.1) is 17.9 Å². The summed E-state index contributed by atoms with van der Waals surface area (Å²) < 4.78 is 1.69. The molecule has 0 fully saturated rings. The van der Waals surface area contributed by atoms with Crippen molar-refractivity contribution >= 4 is 5.52 Å². The summed E-state index contributed by atoms with van der Waals surface area (Å²) >= 11 is 0. The van der Waals surface area contributed by atoms with Gasteiger partial charge in [-0.1, -0.05) is 6.07 Å². The lowest BCUT2D eigenvalue weighted by Gasteiger charge is -2.09. The molecule has 1 atom stereocenters. The summed E-state index contributed by atoms with van der Waals surface area (Å²) in [5, 5.41) is 14.6. The molecule has 0 amide bonds. The van der Waals surface area contributed by atoms with Gasteiger partial charge < -0.3 is 5.11 Å². The number of aliphatic hydroxyl groups is 1. The van der Waals surface area contributed by atoms with Gasteiger partial charge in [0, 0.05) is 35.9 Å². The van der Waals surface area contributed by atoms with Crippen LogP contribution in [0.2, 0.25) is 0 Å². The number of nitrogens with zero attached hydrogens (tertiary/aromatic N) is 4. The summed E-state index contributed by atoms with van der Waals surface area (Å²) in [5.41, 5.74) is 3.30. The number of pyridine rings is 1. The lowest BCUT2D eigenvalue weighted by molar-refractivity contribution is 0.221. The molecule has 3 aromatic rings. The molecule has 5 heteroatoms. The van der Waals surface area contributed by atoms with Crippen LogP contribution in [0, 0.1) is 6.92 Å². The Morgan fingerprint density at radius 2 is 2.06 bits per heavy atom. The van der Waals surface area contributed by atoms with Gasteiger partial charge in [-0.25, -0.2) is 4.52 Å². The molecule has 1 unspecified atom stereocenters. The van der Waals surface area contributed by atoms with E-state index in [4.69, 9.17) is 0 Å². The fourth-order valence-electron chi connectivity index (χ4n) is 1.97. The van der Waals surface area contributed by atoms with Gasteiger partial charge in [0.1, 0.15) is 6.10 Å². The van der Waals surface area contributed by atoms with Crippen LogP contribution in [-0.4, -0.2) is 24.7 Å². The Hall–Kier alpha value is -2.27. The molecule has 18 heavy (non-hydrogen) atoms. The van der Waals surface area contributed by atoms with E-state index in [1.807, 2.05) is 13.0 Å². The highest BCUT2D eigenvalue weighted by molar-refractivity contribution is 5.54. The van der Waals surface area contributed by atoms with Gasteiger partial charge in [-0.3, -0.25) is 9.97 Å². The number of aryl methyl sites for hydroxylation is 1. The Bertz CT molecular complexity index is 692. The third-order valence-electron chi connectivity index (χ3n) is 2.86. The van der Waals surface area contributed by atoms with Crippen molar-refractivity contribution in [1.82, 2.24) is 19.6 Å². The first-order chi connectivity index (χ1) is 8.75. The molecule has 3 heterocycles. The maximum absolute atomic E-state index is 10.4. The molecule has 0 aliphatic heterocycles. The highest BCUT2D eigenvalue weighted by Crippen LogP contribution is 2.24. The Morgan fingerprint density at radius 1 is 1.17 bits per heavy atom. The van der Waals surface area contributed by atoms with Gasteiger partial charge in [-0.15, -0.1) is 0 Å². The molecule has 1 N–H and O–H groups in total. The van der Waals surface area contributed by atoms with Gasteiger partial charge in [-0.2, -0.15) is 5.10 Å². The molecule has 0 aliphatic rings. The Labute approximate surface area is 104 Å². The van der Waals surface area contributed by atoms with E-state index in [2.05, 4.69) is 15.1 Å². The third kappa shape index (κ3) is 1.74. The molecule has 0 bridgehead atoms. The fraction of sp³-hybridized carbons (Fsp3) is 0.154. The molecule has 5 nitrogen and oxygen atoms in total. The van der Waals surface area contributed by atoms with E-state index in [-0.39, 0.29) is 0 Å². The summed E-state index contributed by atoms with van der Waals surface area (Å²) in [6.45, 7) is 1.95. The Morgan fingerprint density at radius 3 is 2.89 bits per heavy atom. The first kappa shape index (κ1) is 10.9. The average Bonchev–Trinajstić information content (AvgIpc) is 2.82. The van der Waals surface area contributed by atoms with Crippen LogP contribution in [0.1, 0.15) is 22.8 Å². The summed E-state index contributed by atoms with van der Waals surface area (Å²) in [7, 11) is 0. The quantitative estimate of drug-likeness (QED) is 0.737. The second-order valence-electron chi connectivity index (χ2n) is 4.20. The van der Waals surface area contributed by atoms with Crippen molar-refractivity contribution in [3.8, 4) is 0 Å². The zero-order valence-corrected chi connectivity index (χ0v) is 9.85. The van der Waals surface area contributed by atoms with Gasteiger partial charge >= 0.3 is 0 Å². The number of aliphatic hydroxyl groups excluding tert-OH is 1. The smallest absolute Gasteiger partial charge is 0.109 e. The first-order valence-corrected chi connectivity index (χ1v) is 5.62. The van der Waals surface area contributed by atoms with Crippen LogP contribution in [-0.2, 0) is 0 Å². The summed E-state index contributed by atoms with van der Waals surface area (Å²) in [4.78, 5) is 8.14. The monoisotopic (exact) mass is 240 g/mol. The largest absolute Gasteiger partial charge is 0.383 e. The van der Waals surface area contributed by atoms with Crippen LogP contribution >= 0.6 is 0 Å². The molecule has 0 aliphatic carbocycles. The number of fused-ring (bicyclic) bond motifs is 1. The minimum absolute atomic E-state index is 0.732. The molecular formula is C13H12N4O. The van der Waals surface area contributed by atoms with E-state index in [1.54, 1.807) is 41.7 Å². The van der Waals surface area contributed by atoms with Crippen molar-refractivity contribution in [2.75, 3.05) is 0 Å². The molecule has 0 spiro atoms. The van der Waals surface area contributed by atoms with Crippen LogP contribution in [0.25, 0.3) is 5.52 Å². The van der Waals surface area contributed by atoms with Gasteiger partial charge in [0.25, 0.3) is 0 Å². The second-order valence-corrected chi connectivity index (χ2v) is 4.20. The number of hydrogen-bond donors (Lipinski definition) is 1. The predicted molar refractivity (Wildman–Crippen MR) is 66.0 cm³/mol. The first-order valence-electron chi connectivity index (χ1n) is 5.62. The molecule has 0 aromatic carbocycles. The summed E-state index contributed by atoms with van der Waals surface area (Å²) in [6.07, 6.45) is 9.44. The second kappa shape index (κ2) is 4.19. The lowest BCUT2D eigenvalue weighted by Crippen LogP contribution is -2.00. The van der Waals surface area contributed by atoms with E-state index < -0.39 is 6.10 Å². The highest BCUT2D eigenvalue weighted by atomic mass is 16.3. The molecular weight excluding hydrogens is 228 g/mol. The van der Waals surface area contributed by atoms with E-state index in [1.165, 1.54) is 0 Å². The highest BCUT2D eigenvalue weighted by Gasteiger charge is 2.16. The van der Waals surface area contributed by atoms with Crippen LogP contribution in [0.5, 0.6) is 0 Å². The molecule has 3 aromatic heterocycles. The summed E-state index contributed by atoms with van der Waals surface area (Å²) in [6, 6.07) is 1.91. The zero-order valence-electron chi connectivity index (χ0n) is 9.85. The topological polar surface area (TPSA) is 63.3 Å². The Balaban J connectivity index is 2.09. The van der Waals surface area contributed by atoms with Crippen molar-refractivity contribution in [2.24, 2.45) is 0 Å². The van der Waals surface area contributed by atoms with Crippen LogP contribution < -0.4 is 0 Å². The van der Waals surface area contributed by atoms with Gasteiger partial charge in [0.15, 0.2) is 0 Å². The van der Waals surface area contributed by atoms with E-state index in [0.717, 1.165) is 22.2 Å². The van der Waals surface area contributed by atoms with Crippen molar-refractivity contribution in [1.29, 1.82) is 0 Å². The molecule has 0 saturated heterocycles. The third-order valence-corrected chi connectivity index (χ3v) is 2.86. The van der Waals surface area contributed by atoms with E-state index in [9.17, 15) is 5.11 Å². The van der Waals surface area contributed by atoms with E-state index >= 15 is 0 Å². The molecule has 0 radical (unpaired) electrons. The number of rotatable bonds is 2. The zero-order chi connectivity index (χ0) is 12.5. The fourth-order valence-corrected chi connectivity index (χ4v) is 1.97. The lowest BCUT2D eigenvalue weighted by atomic mass is 10.0. The maximum atomic E-state index is 10.4.